The molecule has 0 spiro atoms. The van der Waals surface area contributed by atoms with Crippen LogP contribution in [0.25, 0.3) is 93.7 Å². The van der Waals surface area contributed by atoms with Gasteiger partial charge in [0.05, 0.1) is 27.6 Å². The largest absolute Gasteiger partial charge is 0.347 e. The monoisotopic (exact) mass is 666 g/mol. The van der Waals surface area contributed by atoms with Crippen molar-refractivity contribution >= 4 is 65.5 Å². The van der Waals surface area contributed by atoms with E-state index in [4.69, 9.17) is 0 Å². The fourth-order valence-corrected chi connectivity index (χ4v) is 8.59. The van der Waals surface area contributed by atoms with Gasteiger partial charge in [0.15, 0.2) is 0 Å². The Bertz CT molecular complexity index is 3140. The Balaban J connectivity index is 1.11. The van der Waals surface area contributed by atoms with E-state index in [1.165, 1.54) is 87.8 Å². The molecule has 0 unspecified atom stereocenters. The number of para-hydroxylation sites is 1. The van der Waals surface area contributed by atoms with Gasteiger partial charge in [-0.1, -0.05) is 83.9 Å². The number of benzene rings is 7. The molecule has 0 bridgehead atoms. The number of nitrogens with one attached hydrogen (secondary N) is 1. The van der Waals surface area contributed by atoms with Crippen molar-refractivity contribution in [1.82, 2.24) is 18.7 Å². The molecule has 0 atom stereocenters. The second kappa shape index (κ2) is 10.9. The Morgan fingerprint density at radius 2 is 0.904 bits per heavy atom. The summed E-state index contributed by atoms with van der Waals surface area (Å²) in [5, 5.41) is 7.52. The lowest BCUT2D eigenvalue weighted by Gasteiger charge is -2.13. The summed E-state index contributed by atoms with van der Waals surface area (Å²) >= 11 is 0. The Kier molecular flexibility index (Phi) is 6.06. The number of hydrogen-bond donors (Lipinski definition) is 1. The zero-order valence-corrected chi connectivity index (χ0v) is 28.9. The number of aromatic nitrogens is 4. The van der Waals surface area contributed by atoms with Gasteiger partial charge in [-0.2, -0.15) is 0 Å². The van der Waals surface area contributed by atoms with Crippen LogP contribution >= 0.6 is 0 Å². The SMILES string of the molecule is Cc1ccc2c(c1)c1cc(C)ccc1n2-c1ccc2c(c1)c1ccccc1n2-c1cccc(-n2c3ccc(-c4ccccc4)cc3c3cc[nH]c32)c1. The van der Waals surface area contributed by atoms with E-state index in [1.54, 1.807) is 0 Å². The van der Waals surface area contributed by atoms with Gasteiger partial charge in [-0.3, -0.25) is 4.57 Å². The van der Waals surface area contributed by atoms with Gasteiger partial charge in [0.1, 0.15) is 5.65 Å². The van der Waals surface area contributed by atoms with Crippen LogP contribution in [0.2, 0.25) is 0 Å². The van der Waals surface area contributed by atoms with E-state index in [2.05, 4.69) is 190 Å². The van der Waals surface area contributed by atoms with Crippen LogP contribution in [-0.4, -0.2) is 18.7 Å². The van der Waals surface area contributed by atoms with E-state index in [0.717, 1.165) is 17.0 Å². The molecule has 4 nitrogen and oxygen atoms in total. The molecule has 7 aromatic carbocycles. The summed E-state index contributed by atoms with van der Waals surface area (Å²) in [5.74, 6) is 0. The Hall–Kier alpha value is -6.78. The number of aryl methyl sites for hydroxylation is 2. The van der Waals surface area contributed by atoms with Gasteiger partial charge < -0.3 is 14.1 Å². The van der Waals surface area contributed by atoms with E-state index in [-0.39, 0.29) is 0 Å². The van der Waals surface area contributed by atoms with Gasteiger partial charge in [-0.05, 0) is 110 Å². The first-order valence-corrected chi connectivity index (χ1v) is 17.9. The second-order valence-corrected chi connectivity index (χ2v) is 14.1. The Morgan fingerprint density at radius 1 is 0.346 bits per heavy atom. The highest BCUT2D eigenvalue weighted by Crippen LogP contribution is 2.39. The number of fused-ring (bicyclic) bond motifs is 9. The van der Waals surface area contributed by atoms with Crippen molar-refractivity contribution in [2.45, 2.75) is 13.8 Å². The first-order chi connectivity index (χ1) is 25.6. The van der Waals surface area contributed by atoms with Crippen LogP contribution in [-0.2, 0) is 0 Å². The summed E-state index contributed by atoms with van der Waals surface area (Å²) < 4.78 is 7.21. The molecular weight excluding hydrogens is 633 g/mol. The molecule has 4 heteroatoms. The van der Waals surface area contributed by atoms with Gasteiger partial charge >= 0.3 is 0 Å². The number of nitrogens with zero attached hydrogens (tertiary/aromatic N) is 3. The molecule has 0 saturated heterocycles. The molecule has 246 valence electrons. The molecular formula is C48H34N4. The van der Waals surface area contributed by atoms with Crippen LogP contribution in [0.1, 0.15) is 11.1 Å². The number of rotatable bonds is 4. The van der Waals surface area contributed by atoms with Crippen LogP contribution in [0.5, 0.6) is 0 Å². The maximum atomic E-state index is 3.55. The van der Waals surface area contributed by atoms with Crippen LogP contribution < -0.4 is 0 Å². The van der Waals surface area contributed by atoms with Crippen LogP contribution in [0, 0.1) is 13.8 Å². The van der Waals surface area contributed by atoms with Crippen molar-refractivity contribution in [3.8, 4) is 28.2 Å². The third-order valence-corrected chi connectivity index (χ3v) is 10.9. The highest BCUT2D eigenvalue weighted by Gasteiger charge is 2.19. The smallest absolute Gasteiger partial charge is 0.123 e. The van der Waals surface area contributed by atoms with Gasteiger partial charge in [-0.15, -0.1) is 0 Å². The third kappa shape index (κ3) is 4.15. The molecule has 0 aliphatic rings. The second-order valence-electron chi connectivity index (χ2n) is 14.1. The van der Waals surface area contributed by atoms with Gasteiger partial charge in [-0.25, -0.2) is 0 Å². The normalized spacial score (nSPS) is 12.0. The number of hydrogen-bond acceptors (Lipinski definition) is 0. The van der Waals surface area contributed by atoms with Crippen molar-refractivity contribution < 1.29 is 0 Å². The molecule has 1 N–H and O–H groups in total. The van der Waals surface area contributed by atoms with Gasteiger partial charge in [0.2, 0.25) is 0 Å². The molecule has 0 saturated carbocycles. The fraction of sp³-hybridized carbons (Fsp3) is 0.0417. The summed E-state index contributed by atoms with van der Waals surface area (Å²) in [4.78, 5) is 3.55. The van der Waals surface area contributed by atoms with E-state index < -0.39 is 0 Å². The van der Waals surface area contributed by atoms with Crippen molar-refractivity contribution in [3.63, 3.8) is 0 Å². The molecule has 4 heterocycles. The molecule has 0 aliphatic carbocycles. The van der Waals surface area contributed by atoms with Crippen LogP contribution in [0.3, 0.4) is 0 Å². The van der Waals surface area contributed by atoms with E-state index in [0.29, 0.717) is 0 Å². The molecule has 0 aliphatic heterocycles. The highest BCUT2D eigenvalue weighted by molar-refractivity contribution is 6.13. The maximum absolute atomic E-state index is 3.55. The van der Waals surface area contributed by atoms with E-state index in [1.807, 2.05) is 6.20 Å². The van der Waals surface area contributed by atoms with Crippen molar-refractivity contribution in [1.29, 1.82) is 0 Å². The highest BCUT2D eigenvalue weighted by atomic mass is 15.1. The van der Waals surface area contributed by atoms with Crippen molar-refractivity contribution in [3.05, 3.63) is 175 Å². The molecule has 11 rings (SSSR count). The fourth-order valence-electron chi connectivity index (χ4n) is 8.59. The van der Waals surface area contributed by atoms with Gasteiger partial charge in [0.25, 0.3) is 0 Å². The molecule has 0 radical (unpaired) electrons. The number of aromatic amines is 1. The van der Waals surface area contributed by atoms with E-state index in [9.17, 15) is 0 Å². The topological polar surface area (TPSA) is 30.6 Å². The first-order valence-electron chi connectivity index (χ1n) is 17.9. The summed E-state index contributed by atoms with van der Waals surface area (Å²) in [6.07, 6.45) is 2.05. The van der Waals surface area contributed by atoms with Crippen LogP contribution in [0.4, 0.5) is 0 Å². The Labute approximate surface area is 300 Å². The third-order valence-electron chi connectivity index (χ3n) is 10.9. The summed E-state index contributed by atoms with van der Waals surface area (Å²) in [6, 6.07) is 58.0. The summed E-state index contributed by atoms with van der Waals surface area (Å²) in [6.45, 7) is 4.35. The quantitative estimate of drug-likeness (QED) is 0.194. The standard InChI is InChI=1S/C48H34N4/c1-30-15-19-44-39(25-30)40-26-31(2)16-20-45(40)51(44)36-18-22-46-42(29-36)37-13-6-7-14-43(37)50(46)34-11-8-12-35(28-34)52-47-21-17-33(32-9-4-3-5-10-32)27-41(47)38-23-24-49-48(38)52/h3-29,49H,1-2H3. The maximum Gasteiger partial charge on any atom is 0.123 e. The molecule has 4 aromatic heterocycles. The molecule has 11 aromatic rings. The lowest BCUT2D eigenvalue weighted by atomic mass is 10.0. The lowest BCUT2D eigenvalue weighted by molar-refractivity contribution is 1.11. The van der Waals surface area contributed by atoms with Crippen molar-refractivity contribution in [2.24, 2.45) is 0 Å². The molecule has 52 heavy (non-hydrogen) atoms. The van der Waals surface area contributed by atoms with Crippen LogP contribution in [0.15, 0.2) is 164 Å². The van der Waals surface area contributed by atoms with Gasteiger partial charge in [0, 0.05) is 55.6 Å². The van der Waals surface area contributed by atoms with Crippen molar-refractivity contribution in [2.75, 3.05) is 0 Å². The average Bonchev–Trinajstić information content (AvgIpc) is 3.94. The minimum absolute atomic E-state index is 1.10. The van der Waals surface area contributed by atoms with E-state index >= 15 is 0 Å². The zero-order chi connectivity index (χ0) is 34.5. The Morgan fingerprint density at radius 3 is 1.65 bits per heavy atom. The summed E-state index contributed by atoms with van der Waals surface area (Å²) in [7, 11) is 0. The first kappa shape index (κ1) is 29.0. The minimum atomic E-state index is 1.10. The average molecular weight is 667 g/mol. The molecule has 0 amide bonds. The lowest BCUT2D eigenvalue weighted by Crippen LogP contribution is -1.99. The minimum Gasteiger partial charge on any atom is -0.347 e. The predicted molar refractivity (Wildman–Crippen MR) is 219 cm³/mol. The summed E-state index contributed by atoms with van der Waals surface area (Å²) in [5.41, 5.74) is 15.5. The number of H-pyrrole nitrogens is 1. The zero-order valence-electron chi connectivity index (χ0n) is 28.9. The predicted octanol–water partition coefficient (Wildman–Crippen LogP) is 12.6. The molecule has 0 fully saturated rings.